The van der Waals surface area contributed by atoms with Gasteiger partial charge >= 0.3 is 6.18 Å². The van der Waals surface area contributed by atoms with E-state index < -0.39 is 12.6 Å². The van der Waals surface area contributed by atoms with Crippen molar-refractivity contribution >= 4 is 23.2 Å². The van der Waals surface area contributed by atoms with E-state index in [1.54, 1.807) is 18.2 Å². The molecule has 90 valence electrons. The zero-order chi connectivity index (χ0) is 12.2. The Hall–Kier alpha value is -0.450. The van der Waals surface area contributed by atoms with Crippen LogP contribution >= 0.6 is 23.2 Å². The highest BCUT2D eigenvalue weighted by atomic mass is 35.5. The van der Waals surface area contributed by atoms with Gasteiger partial charge in [-0.05, 0) is 17.7 Å². The van der Waals surface area contributed by atoms with Crippen LogP contribution in [0.3, 0.4) is 0 Å². The molecule has 1 aromatic rings. The quantitative estimate of drug-likeness (QED) is 0.816. The van der Waals surface area contributed by atoms with Crippen LogP contribution in [0.25, 0.3) is 0 Å². The zero-order valence-corrected chi connectivity index (χ0v) is 9.76. The molecule has 0 spiro atoms. The Morgan fingerprint density at radius 1 is 1.12 bits per heavy atom. The first-order valence-electron chi connectivity index (χ1n) is 4.60. The van der Waals surface area contributed by atoms with Crippen LogP contribution in [0.5, 0.6) is 0 Å². The Morgan fingerprint density at radius 2 is 1.81 bits per heavy atom. The Kier molecular flexibility index (Phi) is 4.89. The molecule has 0 unspecified atom stereocenters. The van der Waals surface area contributed by atoms with Crippen molar-refractivity contribution in [2.24, 2.45) is 0 Å². The first-order chi connectivity index (χ1) is 7.38. The molecule has 0 saturated carbocycles. The molecule has 6 heteroatoms. The molecular weight excluding hydrogens is 262 g/mol. The molecule has 0 fully saturated rings. The van der Waals surface area contributed by atoms with Gasteiger partial charge < -0.3 is 5.32 Å². The fourth-order valence-corrected chi connectivity index (χ4v) is 1.43. The highest BCUT2D eigenvalue weighted by molar-refractivity contribution is 6.42. The van der Waals surface area contributed by atoms with Crippen LogP contribution < -0.4 is 5.32 Å². The molecule has 0 aliphatic heterocycles. The third kappa shape index (κ3) is 5.05. The first-order valence-corrected chi connectivity index (χ1v) is 5.35. The molecule has 1 rings (SSSR count). The number of alkyl halides is 3. The maximum absolute atomic E-state index is 11.8. The summed E-state index contributed by atoms with van der Waals surface area (Å²) in [5.74, 6) is 0. The van der Waals surface area contributed by atoms with Crippen molar-refractivity contribution in [3.63, 3.8) is 0 Å². The first kappa shape index (κ1) is 13.6. The minimum atomic E-state index is -4.12. The van der Waals surface area contributed by atoms with Crippen LogP contribution in [0.1, 0.15) is 12.0 Å². The van der Waals surface area contributed by atoms with Gasteiger partial charge in [-0.3, -0.25) is 0 Å². The van der Waals surface area contributed by atoms with Crippen molar-refractivity contribution < 1.29 is 13.2 Å². The number of rotatable bonds is 4. The van der Waals surface area contributed by atoms with E-state index in [1.165, 1.54) is 0 Å². The molecule has 0 bridgehead atoms. The minimum absolute atomic E-state index is 0.107. The van der Waals surface area contributed by atoms with Crippen LogP contribution in [-0.4, -0.2) is 12.7 Å². The zero-order valence-electron chi connectivity index (χ0n) is 8.24. The average molecular weight is 272 g/mol. The van der Waals surface area contributed by atoms with Crippen molar-refractivity contribution in [2.45, 2.75) is 19.1 Å². The smallest absolute Gasteiger partial charge is 0.312 e. The van der Waals surface area contributed by atoms with E-state index in [0.29, 0.717) is 16.6 Å². The number of nitrogens with one attached hydrogen (secondary N) is 1. The second kappa shape index (κ2) is 5.75. The van der Waals surface area contributed by atoms with Crippen molar-refractivity contribution in [1.82, 2.24) is 5.32 Å². The highest BCUT2D eigenvalue weighted by Gasteiger charge is 2.25. The van der Waals surface area contributed by atoms with Crippen LogP contribution in [0.2, 0.25) is 10.0 Å². The van der Waals surface area contributed by atoms with E-state index >= 15 is 0 Å². The predicted octanol–water partition coefficient (Wildman–Crippen LogP) is 4.04. The second-order valence-electron chi connectivity index (χ2n) is 3.29. The van der Waals surface area contributed by atoms with Gasteiger partial charge in [0.25, 0.3) is 0 Å². The molecule has 0 heterocycles. The standard InChI is InChI=1S/C10H10Cl2F3N/c11-8-2-1-7(5-9(8)12)6-16-4-3-10(13,14)15/h1-2,5,16H,3-4,6H2. The lowest BCUT2D eigenvalue weighted by Gasteiger charge is -2.08. The van der Waals surface area contributed by atoms with E-state index in [2.05, 4.69) is 5.32 Å². The van der Waals surface area contributed by atoms with Crippen molar-refractivity contribution in [2.75, 3.05) is 6.54 Å². The lowest BCUT2D eigenvalue weighted by atomic mass is 10.2. The Morgan fingerprint density at radius 3 is 2.38 bits per heavy atom. The van der Waals surface area contributed by atoms with Crippen molar-refractivity contribution in [3.8, 4) is 0 Å². The molecule has 16 heavy (non-hydrogen) atoms. The van der Waals surface area contributed by atoms with Crippen LogP contribution in [0.4, 0.5) is 13.2 Å². The summed E-state index contributed by atoms with van der Waals surface area (Å²) in [6, 6.07) is 4.96. The summed E-state index contributed by atoms with van der Waals surface area (Å²) in [5, 5.41) is 3.51. The van der Waals surface area contributed by atoms with Crippen LogP contribution in [0.15, 0.2) is 18.2 Å². The molecule has 0 amide bonds. The van der Waals surface area contributed by atoms with Gasteiger partial charge in [-0.15, -0.1) is 0 Å². The van der Waals surface area contributed by atoms with Gasteiger partial charge in [0.1, 0.15) is 0 Å². The Balaban J connectivity index is 2.35. The van der Waals surface area contributed by atoms with Gasteiger partial charge in [0.05, 0.1) is 16.5 Å². The molecule has 1 N–H and O–H groups in total. The summed E-state index contributed by atoms with van der Waals surface area (Å²) in [7, 11) is 0. The van der Waals surface area contributed by atoms with Gasteiger partial charge in [0, 0.05) is 13.1 Å². The van der Waals surface area contributed by atoms with Gasteiger partial charge in [-0.25, -0.2) is 0 Å². The van der Waals surface area contributed by atoms with Gasteiger partial charge in [-0.1, -0.05) is 29.3 Å². The summed E-state index contributed by atoms with van der Waals surface area (Å²) < 4.78 is 35.5. The predicted molar refractivity (Wildman–Crippen MR) is 58.8 cm³/mol. The number of halogens is 5. The Labute approximate surface area is 102 Å². The van der Waals surface area contributed by atoms with Crippen LogP contribution in [0, 0.1) is 0 Å². The summed E-state index contributed by atoms with van der Waals surface area (Å²) in [5.41, 5.74) is 0.802. The van der Waals surface area contributed by atoms with E-state index in [-0.39, 0.29) is 6.54 Å². The molecule has 0 radical (unpaired) electrons. The molecular formula is C10H10Cl2F3N. The summed E-state index contributed by atoms with van der Waals surface area (Å²) in [6.07, 6.45) is -4.96. The fraction of sp³-hybridized carbons (Fsp3) is 0.400. The summed E-state index contributed by atoms with van der Waals surface area (Å²) in [4.78, 5) is 0. The number of benzene rings is 1. The fourth-order valence-electron chi connectivity index (χ4n) is 1.11. The van der Waals surface area contributed by atoms with Crippen molar-refractivity contribution in [1.29, 1.82) is 0 Å². The topological polar surface area (TPSA) is 12.0 Å². The molecule has 0 atom stereocenters. The maximum atomic E-state index is 11.8. The van der Waals surface area contributed by atoms with E-state index in [0.717, 1.165) is 5.56 Å². The third-order valence-electron chi connectivity index (χ3n) is 1.90. The largest absolute Gasteiger partial charge is 0.390 e. The van der Waals surface area contributed by atoms with Crippen LogP contribution in [-0.2, 0) is 6.54 Å². The van der Waals surface area contributed by atoms with Gasteiger partial charge in [0.15, 0.2) is 0 Å². The lowest BCUT2D eigenvalue weighted by Crippen LogP contribution is -2.21. The summed E-state index contributed by atoms with van der Waals surface area (Å²) >= 11 is 11.5. The van der Waals surface area contributed by atoms with Gasteiger partial charge in [-0.2, -0.15) is 13.2 Å². The molecule has 0 aliphatic rings. The summed E-state index contributed by atoms with van der Waals surface area (Å²) in [6.45, 7) is 0.233. The van der Waals surface area contributed by atoms with E-state index in [4.69, 9.17) is 23.2 Å². The maximum Gasteiger partial charge on any atom is 0.390 e. The van der Waals surface area contributed by atoms with Gasteiger partial charge in [0.2, 0.25) is 0 Å². The van der Waals surface area contributed by atoms with Crippen molar-refractivity contribution in [3.05, 3.63) is 33.8 Å². The minimum Gasteiger partial charge on any atom is -0.312 e. The molecule has 1 nitrogen and oxygen atoms in total. The average Bonchev–Trinajstić information content (AvgIpc) is 2.17. The SMILES string of the molecule is FC(F)(F)CCNCc1ccc(Cl)c(Cl)c1. The lowest BCUT2D eigenvalue weighted by molar-refractivity contribution is -0.133. The molecule has 1 aromatic carbocycles. The highest BCUT2D eigenvalue weighted by Crippen LogP contribution is 2.22. The third-order valence-corrected chi connectivity index (χ3v) is 2.64. The monoisotopic (exact) mass is 271 g/mol. The second-order valence-corrected chi connectivity index (χ2v) is 4.10. The van der Waals surface area contributed by atoms with E-state index in [1.807, 2.05) is 0 Å². The molecule has 0 aromatic heterocycles. The number of hydrogen-bond donors (Lipinski definition) is 1. The normalized spacial score (nSPS) is 11.8. The number of hydrogen-bond acceptors (Lipinski definition) is 1. The van der Waals surface area contributed by atoms with E-state index in [9.17, 15) is 13.2 Å². The molecule has 0 saturated heterocycles. The molecule has 0 aliphatic carbocycles. The Bertz CT molecular complexity index is 352.